The van der Waals surface area contributed by atoms with E-state index < -0.39 is 16.6 Å². The van der Waals surface area contributed by atoms with Crippen LogP contribution in [-0.2, 0) is 32.6 Å². The summed E-state index contributed by atoms with van der Waals surface area (Å²) >= 11 is 0. The molecule has 7 nitrogen and oxygen atoms in total. The van der Waals surface area contributed by atoms with Crippen molar-refractivity contribution in [3.63, 3.8) is 0 Å². The van der Waals surface area contributed by atoms with E-state index >= 15 is 0 Å². The Morgan fingerprint density at radius 3 is 2.76 bits per heavy atom. The van der Waals surface area contributed by atoms with Crippen molar-refractivity contribution in [1.29, 1.82) is 0 Å². The van der Waals surface area contributed by atoms with E-state index in [1.807, 2.05) is 49.6 Å². The van der Waals surface area contributed by atoms with Crippen LogP contribution in [0.5, 0.6) is 5.75 Å². The Kier molecular flexibility index (Phi) is 5.67. The molecule has 0 N–H and O–H groups in total. The largest absolute Gasteiger partial charge is 0.488 e. The fourth-order valence-corrected chi connectivity index (χ4v) is 4.77. The lowest BCUT2D eigenvalue weighted by molar-refractivity contribution is -0.162. The lowest BCUT2D eigenvalue weighted by Gasteiger charge is -2.23. The zero-order valence-electron chi connectivity index (χ0n) is 16.9. The Labute approximate surface area is 172 Å². The quantitative estimate of drug-likeness (QED) is 0.590. The summed E-state index contributed by atoms with van der Waals surface area (Å²) < 4.78 is 32.3. The van der Waals surface area contributed by atoms with Crippen LogP contribution in [0.4, 0.5) is 0 Å². The highest BCUT2D eigenvalue weighted by atomic mass is 32.2. The number of imidazole rings is 1. The zero-order chi connectivity index (χ0) is 20.4. The number of aryl methyl sites for hydroxylation is 1. The number of hydrogen-bond acceptors (Lipinski definition) is 6. The third-order valence-corrected chi connectivity index (χ3v) is 6.31. The van der Waals surface area contributed by atoms with E-state index in [1.54, 1.807) is 12.3 Å². The highest BCUT2D eigenvalue weighted by Crippen LogP contribution is 2.26. The molecule has 0 radical (unpaired) electrons. The van der Waals surface area contributed by atoms with Gasteiger partial charge >= 0.3 is 0 Å². The number of aromatic nitrogens is 3. The SMILES string of the molecule is CCn1c(S(=O)Cc2nccc(OCC3(C)OCCO3)c2C)nc2ccccc21. The van der Waals surface area contributed by atoms with Gasteiger partial charge in [0.15, 0.2) is 10.9 Å². The van der Waals surface area contributed by atoms with Crippen LogP contribution < -0.4 is 4.74 Å². The van der Waals surface area contributed by atoms with Gasteiger partial charge in [-0.1, -0.05) is 12.1 Å². The molecule has 0 amide bonds. The van der Waals surface area contributed by atoms with Crippen molar-refractivity contribution in [2.45, 2.75) is 44.0 Å². The Balaban J connectivity index is 1.54. The fraction of sp³-hybridized carbons (Fsp3) is 0.429. The number of pyridine rings is 1. The summed E-state index contributed by atoms with van der Waals surface area (Å²) in [6.45, 7) is 7.94. The van der Waals surface area contributed by atoms with E-state index in [2.05, 4.69) is 9.97 Å². The van der Waals surface area contributed by atoms with Crippen molar-refractivity contribution < 1.29 is 18.4 Å². The molecule has 154 valence electrons. The summed E-state index contributed by atoms with van der Waals surface area (Å²) in [5, 5.41) is 0.571. The molecule has 1 aliphatic rings. The molecule has 1 aromatic carbocycles. The summed E-state index contributed by atoms with van der Waals surface area (Å²) in [4.78, 5) is 9.04. The predicted molar refractivity (Wildman–Crippen MR) is 110 cm³/mol. The molecule has 3 heterocycles. The summed E-state index contributed by atoms with van der Waals surface area (Å²) in [6, 6.07) is 9.65. The second kappa shape index (κ2) is 8.22. The van der Waals surface area contributed by atoms with Crippen molar-refractivity contribution in [3.8, 4) is 5.75 Å². The van der Waals surface area contributed by atoms with Crippen LogP contribution in [0.3, 0.4) is 0 Å². The first kappa shape index (κ1) is 20.0. The second-order valence-corrected chi connectivity index (χ2v) is 8.46. The number of ether oxygens (including phenoxy) is 3. The molecule has 0 spiro atoms. The second-order valence-electron chi connectivity index (χ2n) is 7.12. The Morgan fingerprint density at radius 2 is 2.00 bits per heavy atom. The Morgan fingerprint density at radius 1 is 1.24 bits per heavy atom. The smallest absolute Gasteiger partial charge is 0.200 e. The highest BCUT2D eigenvalue weighted by Gasteiger charge is 2.32. The van der Waals surface area contributed by atoms with E-state index in [-0.39, 0.29) is 12.4 Å². The van der Waals surface area contributed by atoms with Gasteiger partial charge in [-0.15, -0.1) is 0 Å². The molecular formula is C21H25N3O4S. The highest BCUT2D eigenvalue weighted by molar-refractivity contribution is 7.84. The van der Waals surface area contributed by atoms with Crippen molar-refractivity contribution in [1.82, 2.24) is 14.5 Å². The molecule has 0 aliphatic carbocycles. The van der Waals surface area contributed by atoms with Crippen LogP contribution in [0.2, 0.25) is 0 Å². The molecule has 1 atom stereocenters. The van der Waals surface area contributed by atoms with E-state index in [0.29, 0.717) is 30.7 Å². The molecule has 2 aromatic heterocycles. The van der Waals surface area contributed by atoms with Crippen molar-refractivity contribution in [3.05, 3.63) is 47.8 Å². The van der Waals surface area contributed by atoms with Crippen molar-refractivity contribution >= 4 is 21.8 Å². The molecule has 0 bridgehead atoms. The molecule has 1 unspecified atom stereocenters. The minimum absolute atomic E-state index is 0.274. The fourth-order valence-electron chi connectivity index (χ4n) is 3.43. The summed E-state index contributed by atoms with van der Waals surface area (Å²) in [7, 11) is -1.33. The third-order valence-electron chi connectivity index (χ3n) is 5.05. The van der Waals surface area contributed by atoms with Gasteiger partial charge in [-0.3, -0.25) is 9.19 Å². The molecule has 8 heteroatoms. The molecule has 29 heavy (non-hydrogen) atoms. The molecular weight excluding hydrogens is 390 g/mol. The molecule has 4 rings (SSSR count). The lowest BCUT2D eigenvalue weighted by atomic mass is 10.2. The minimum Gasteiger partial charge on any atom is -0.488 e. The first-order chi connectivity index (χ1) is 14.0. The first-order valence-corrected chi connectivity index (χ1v) is 11.0. The van der Waals surface area contributed by atoms with E-state index in [4.69, 9.17) is 14.2 Å². The van der Waals surface area contributed by atoms with E-state index in [9.17, 15) is 4.21 Å². The number of nitrogens with zero attached hydrogens (tertiary/aromatic N) is 3. The Bertz CT molecular complexity index is 1040. The van der Waals surface area contributed by atoms with Gasteiger partial charge in [0.05, 0.1) is 46.5 Å². The van der Waals surface area contributed by atoms with Crippen molar-refractivity contribution in [2.75, 3.05) is 19.8 Å². The first-order valence-electron chi connectivity index (χ1n) is 9.69. The van der Waals surface area contributed by atoms with Crippen molar-refractivity contribution in [2.24, 2.45) is 0 Å². The van der Waals surface area contributed by atoms with Crippen LogP contribution >= 0.6 is 0 Å². The molecule has 3 aromatic rings. The molecule has 1 aliphatic heterocycles. The van der Waals surface area contributed by atoms with Gasteiger partial charge in [-0.2, -0.15) is 0 Å². The van der Waals surface area contributed by atoms with Gasteiger partial charge in [0.25, 0.3) is 0 Å². The number of benzene rings is 1. The summed E-state index contributed by atoms with van der Waals surface area (Å²) in [5.41, 5.74) is 3.43. The van der Waals surface area contributed by atoms with Gasteiger partial charge in [-0.05, 0) is 39.0 Å². The topological polar surface area (TPSA) is 75.5 Å². The summed E-state index contributed by atoms with van der Waals surface area (Å²) in [5.74, 6) is 0.234. The summed E-state index contributed by atoms with van der Waals surface area (Å²) in [6.07, 6.45) is 1.68. The van der Waals surface area contributed by atoms with Gasteiger partial charge in [0.2, 0.25) is 0 Å². The normalized spacial score (nSPS) is 16.9. The third kappa shape index (κ3) is 4.05. The van der Waals surface area contributed by atoms with Crippen LogP contribution in [0.15, 0.2) is 41.7 Å². The molecule has 0 saturated carbocycles. The molecule has 1 fully saturated rings. The standard InChI is InChI=1S/C21H25N3O4S/c1-4-24-18-8-6-5-7-16(18)23-20(24)29(25)13-17-15(2)19(9-10-22-17)26-14-21(3)27-11-12-28-21/h5-10H,4,11-14H2,1-3H3. The Hall–Kier alpha value is -2.29. The van der Waals surface area contributed by atoms with Gasteiger partial charge in [0.1, 0.15) is 12.4 Å². The van der Waals surface area contributed by atoms with E-state index in [0.717, 1.165) is 22.3 Å². The predicted octanol–water partition coefficient (Wildman–Crippen LogP) is 3.21. The van der Waals surface area contributed by atoms with Gasteiger partial charge in [-0.25, -0.2) is 4.98 Å². The maximum Gasteiger partial charge on any atom is 0.200 e. The monoisotopic (exact) mass is 415 g/mol. The van der Waals surface area contributed by atoms with Crippen LogP contribution in [0, 0.1) is 6.92 Å². The average Bonchev–Trinajstić information content (AvgIpc) is 3.32. The van der Waals surface area contributed by atoms with Gasteiger partial charge < -0.3 is 18.8 Å². The molecule has 1 saturated heterocycles. The number of fused-ring (bicyclic) bond motifs is 1. The van der Waals surface area contributed by atoms with E-state index in [1.165, 1.54) is 0 Å². The maximum atomic E-state index is 13.2. The number of hydrogen-bond donors (Lipinski definition) is 0. The number of rotatable bonds is 7. The van der Waals surface area contributed by atoms with Crippen LogP contribution in [-0.4, -0.2) is 44.4 Å². The zero-order valence-corrected chi connectivity index (χ0v) is 17.7. The minimum atomic E-state index is -1.33. The average molecular weight is 416 g/mol. The van der Waals surface area contributed by atoms with Gasteiger partial charge in [0, 0.05) is 18.3 Å². The van der Waals surface area contributed by atoms with Crippen LogP contribution in [0.25, 0.3) is 11.0 Å². The van der Waals surface area contributed by atoms with Crippen LogP contribution in [0.1, 0.15) is 25.1 Å². The number of para-hydroxylation sites is 2. The maximum absolute atomic E-state index is 13.2. The lowest BCUT2D eigenvalue weighted by Crippen LogP contribution is -2.33.